The van der Waals surface area contributed by atoms with Crippen molar-refractivity contribution in [2.24, 2.45) is 0 Å². The molecule has 2 aromatic heterocycles. The Labute approximate surface area is 157 Å². The Morgan fingerprint density at radius 1 is 1.04 bits per heavy atom. The van der Waals surface area contributed by atoms with Crippen LogP contribution in [0, 0.1) is 0 Å². The maximum Gasteiger partial charge on any atom is 0.416 e. The van der Waals surface area contributed by atoms with Crippen LogP contribution in [0.5, 0.6) is 0 Å². The van der Waals surface area contributed by atoms with E-state index in [1.807, 2.05) is 0 Å². The van der Waals surface area contributed by atoms with Gasteiger partial charge in [-0.3, -0.25) is 14.6 Å². The number of halogens is 3. The van der Waals surface area contributed by atoms with Gasteiger partial charge in [0.25, 0.3) is 11.8 Å². The molecular formula is C19H14F3N3O3. The molecule has 3 rings (SSSR count). The van der Waals surface area contributed by atoms with Crippen LogP contribution in [0.25, 0.3) is 0 Å². The van der Waals surface area contributed by atoms with Gasteiger partial charge in [-0.25, -0.2) is 0 Å². The summed E-state index contributed by atoms with van der Waals surface area (Å²) >= 11 is 0. The molecule has 3 aromatic rings. The summed E-state index contributed by atoms with van der Waals surface area (Å²) < 4.78 is 42.9. The average molecular weight is 389 g/mol. The zero-order valence-electron chi connectivity index (χ0n) is 14.3. The van der Waals surface area contributed by atoms with Crippen molar-refractivity contribution in [1.29, 1.82) is 0 Å². The van der Waals surface area contributed by atoms with Gasteiger partial charge in [-0.2, -0.15) is 13.2 Å². The number of benzene rings is 1. The highest BCUT2D eigenvalue weighted by molar-refractivity contribution is 6.05. The van der Waals surface area contributed by atoms with E-state index in [0.717, 1.165) is 24.3 Å². The summed E-state index contributed by atoms with van der Waals surface area (Å²) in [4.78, 5) is 28.4. The Bertz CT molecular complexity index is 968. The zero-order chi connectivity index (χ0) is 20.1. The highest BCUT2D eigenvalue weighted by Gasteiger charge is 2.30. The van der Waals surface area contributed by atoms with Crippen LogP contribution in [0.1, 0.15) is 32.2 Å². The van der Waals surface area contributed by atoms with Crippen LogP contribution in [0.4, 0.5) is 18.9 Å². The SMILES string of the molecule is O=C(Nc1ccc(C(F)(F)F)cc1)c1ccnc(C(=O)NCc2ccco2)c1. The largest absolute Gasteiger partial charge is 0.467 e. The molecule has 0 unspecified atom stereocenters. The van der Waals surface area contributed by atoms with Gasteiger partial charge in [0.2, 0.25) is 0 Å². The molecule has 0 atom stereocenters. The summed E-state index contributed by atoms with van der Waals surface area (Å²) in [5, 5.41) is 5.08. The number of nitrogens with zero attached hydrogens (tertiary/aromatic N) is 1. The van der Waals surface area contributed by atoms with Gasteiger partial charge < -0.3 is 15.1 Å². The highest BCUT2D eigenvalue weighted by atomic mass is 19.4. The standard InChI is InChI=1S/C19H14F3N3O3/c20-19(21,22)13-3-5-14(6-4-13)25-17(26)12-7-8-23-16(10-12)18(27)24-11-15-2-1-9-28-15/h1-10H,11H2,(H,24,27)(H,25,26). The lowest BCUT2D eigenvalue weighted by Gasteiger charge is -2.09. The lowest BCUT2D eigenvalue weighted by molar-refractivity contribution is -0.137. The van der Waals surface area contributed by atoms with E-state index in [0.29, 0.717) is 5.76 Å². The minimum atomic E-state index is -4.45. The normalized spacial score (nSPS) is 11.1. The monoisotopic (exact) mass is 389 g/mol. The summed E-state index contributed by atoms with van der Waals surface area (Å²) in [5.74, 6) is -0.521. The molecule has 2 amide bonds. The Kier molecular flexibility index (Phi) is 5.44. The molecule has 0 bridgehead atoms. The number of rotatable bonds is 5. The summed E-state index contributed by atoms with van der Waals surface area (Å²) in [5.41, 5.74) is -0.465. The van der Waals surface area contributed by atoms with Crippen molar-refractivity contribution < 1.29 is 27.2 Å². The molecule has 144 valence electrons. The van der Waals surface area contributed by atoms with Gasteiger partial charge in [-0.05, 0) is 48.5 Å². The maximum absolute atomic E-state index is 12.6. The van der Waals surface area contributed by atoms with Crippen molar-refractivity contribution in [3.8, 4) is 0 Å². The number of hydrogen-bond donors (Lipinski definition) is 2. The van der Waals surface area contributed by atoms with Crippen LogP contribution in [-0.4, -0.2) is 16.8 Å². The Hall–Kier alpha value is -3.62. The van der Waals surface area contributed by atoms with Crippen molar-refractivity contribution in [1.82, 2.24) is 10.3 Å². The first-order valence-electron chi connectivity index (χ1n) is 8.08. The minimum Gasteiger partial charge on any atom is -0.467 e. The predicted octanol–water partition coefficient (Wildman–Crippen LogP) is 3.88. The van der Waals surface area contributed by atoms with E-state index in [9.17, 15) is 22.8 Å². The molecular weight excluding hydrogens is 375 g/mol. The van der Waals surface area contributed by atoms with E-state index in [4.69, 9.17) is 4.42 Å². The Morgan fingerprint density at radius 3 is 2.43 bits per heavy atom. The molecule has 28 heavy (non-hydrogen) atoms. The van der Waals surface area contributed by atoms with Crippen molar-refractivity contribution in [3.05, 3.63) is 83.6 Å². The molecule has 0 aliphatic heterocycles. The molecule has 2 heterocycles. The summed E-state index contributed by atoms with van der Waals surface area (Å²) in [6, 6.07) is 10.1. The second-order valence-electron chi connectivity index (χ2n) is 5.72. The number of aromatic nitrogens is 1. The predicted molar refractivity (Wildman–Crippen MR) is 93.5 cm³/mol. The van der Waals surface area contributed by atoms with Gasteiger partial charge >= 0.3 is 6.18 Å². The first-order valence-corrected chi connectivity index (χ1v) is 8.08. The van der Waals surface area contributed by atoms with Crippen LogP contribution in [0.15, 0.2) is 65.4 Å². The summed E-state index contributed by atoms with van der Waals surface area (Å²) in [6.07, 6.45) is -1.68. The molecule has 1 aromatic carbocycles. The smallest absolute Gasteiger partial charge is 0.416 e. The molecule has 0 fully saturated rings. The molecule has 0 aliphatic carbocycles. The Balaban J connectivity index is 1.65. The number of pyridine rings is 1. The van der Waals surface area contributed by atoms with E-state index in [1.54, 1.807) is 12.1 Å². The molecule has 9 heteroatoms. The zero-order valence-corrected chi connectivity index (χ0v) is 14.3. The lowest BCUT2D eigenvalue weighted by atomic mass is 10.1. The highest BCUT2D eigenvalue weighted by Crippen LogP contribution is 2.29. The molecule has 0 spiro atoms. The molecule has 0 saturated carbocycles. The number of alkyl halides is 3. The quantitative estimate of drug-likeness (QED) is 0.694. The summed E-state index contributed by atoms with van der Waals surface area (Å²) in [6.45, 7) is 0.162. The van der Waals surface area contributed by atoms with E-state index >= 15 is 0 Å². The van der Waals surface area contributed by atoms with Crippen LogP contribution in [-0.2, 0) is 12.7 Å². The summed E-state index contributed by atoms with van der Waals surface area (Å²) in [7, 11) is 0. The van der Waals surface area contributed by atoms with Crippen LogP contribution in [0.2, 0.25) is 0 Å². The number of amides is 2. The second kappa shape index (κ2) is 7.95. The number of hydrogen-bond acceptors (Lipinski definition) is 4. The average Bonchev–Trinajstić information content (AvgIpc) is 3.19. The van der Waals surface area contributed by atoms with Crippen molar-refractivity contribution in [2.45, 2.75) is 12.7 Å². The number of anilines is 1. The number of furan rings is 1. The molecule has 0 saturated heterocycles. The molecule has 6 nitrogen and oxygen atoms in total. The fraction of sp³-hybridized carbons (Fsp3) is 0.105. The van der Waals surface area contributed by atoms with Gasteiger partial charge in [0, 0.05) is 17.4 Å². The van der Waals surface area contributed by atoms with Crippen LogP contribution >= 0.6 is 0 Å². The number of carbonyl (C=O) groups is 2. The van der Waals surface area contributed by atoms with E-state index in [-0.39, 0.29) is 23.5 Å². The van der Waals surface area contributed by atoms with E-state index in [1.165, 1.54) is 24.6 Å². The first kappa shape index (κ1) is 19.2. The maximum atomic E-state index is 12.6. The topological polar surface area (TPSA) is 84.2 Å². The Morgan fingerprint density at radius 2 is 1.79 bits per heavy atom. The first-order chi connectivity index (χ1) is 13.3. The van der Waals surface area contributed by atoms with Crippen molar-refractivity contribution in [3.63, 3.8) is 0 Å². The van der Waals surface area contributed by atoms with Crippen LogP contribution in [0.3, 0.4) is 0 Å². The van der Waals surface area contributed by atoms with Crippen LogP contribution < -0.4 is 10.6 Å². The fourth-order valence-corrected chi connectivity index (χ4v) is 2.31. The third-order valence-corrected chi connectivity index (χ3v) is 3.73. The van der Waals surface area contributed by atoms with Crippen molar-refractivity contribution >= 4 is 17.5 Å². The lowest BCUT2D eigenvalue weighted by Crippen LogP contribution is -2.24. The van der Waals surface area contributed by atoms with Gasteiger partial charge in [-0.15, -0.1) is 0 Å². The van der Waals surface area contributed by atoms with Crippen molar-refractivity contribution in [2.75, 3.05) is 5.32 Å². The van der Waals surface area contributed by atoms with Gasteiger partial charge in [-0.1, -0.05) is 0 Å². The molecule has 0 aliphatic rings. The van der Waals surface area contributed by atoms with Gasteiger partial charge in [0.15, 0.2) is 0 Å². The number of nitrogens with one attached hydrogen (secondary N) is 2. The van der Waals surface area contributed by atoms with E-state index in [2.05, 4.69) is 15.6 Å². The third-order valence-electron chi connectivity index (χ3n) is 3.73. The fourth-order valence-electron chi connectivity index (χ4n) is 2.31. The number of carbonyl (C=O) groups excluding carboxylic acids is 2. The second-order valence-corrected chi connectivity index (χ2v) is 5.72. The molecule has 0 radical (unpaired) electrons. The van der Waals surface area contributed by atoms with E-state index < -0.39 is 23.6 Å². The van der Waals surface area contributed by atoms with Gasteiger partial charge in [0.05, 0.1) is 18.4 Å². The minimum absolute atomic E-state index is 0.0200. The molecule has 2 N–H and O–H groups in total. The third kappa shape index (κ3) is 4.76. The van der Waals surface area contributed by atoms with Gasteiger partial charge in [0.1, 0.15) is 11.5 Å².